The first-order chi connectivity index (χ1) is 5.65. The molecule has 12 heavy (non-hydrogen) atoms. The predicted octanol–water partition coefficient (Wildman–Crippen LogP) is 1.30. The van der Waals surface area contributed by atoms with Crippen molar-refractivity contribution in [2.75, 3.05) is 0 Å². The Morgan fingerprint density at radius 3 is 2.92 bits per heavy atom. The molecule has 1 rings (SSSR count). The van der Waals surface area contributed by atoms with Crippen molar-refractivity contribution >= 4 is 0 Å². The Balaban J connectivity index is 2.85. The molecule has 0 radical (unpaired) electrons. The summed E-state index contributed by atoms with van der Waals surface area (Å²) in [6, 6.07) is 0.0381. The van der Waals surface area contributed by atoms with Crippen molar-refractivity contribution in [3.05, 3.63) is 30.1 Å². The summed E-state index contributed by atoms with van der Waals surface area (Å²) in [6.07, 6.45) is 4.59. The first kappa shape index (κ1) is 9.00. The van der Waals surface area contributed by atoms with E-state index in [1.54, 1.807) is 4.68 Å². The summed E-state index contributed by atoms with van der Waals surface area (Å²) in [5.74, 6) is 0. The lowest BCUT2D eigenvalue weighted by atomic mass is 10.1. The third kappa shape index (κ3) is 1.74. The number of rotatable bonds is 3. The third-order valence-corrected chi connectivity index (χ3v) is 1.87. The van der Waals surface area contributed by atoms with Gasteiger partial charge < -0.3 is 5.73 Å². The van der Waals surface area contributed by atoms with Crippen LogP contribution in [0.3, 0.4) is 0 Å². The molecule has 0 aliphatic carbocycles. The van der Waals surface area contributed by atoms with Crippen LogP contribution in [-0.4, -0.2) is 9.78 Å². The summed E-state index contributed by atoms with van der Waals surface area (Å²) in [5.41, 5.74) is 8.01. The van der Waals surface area contributed by atoms with Gasteiger partial charge in [-0.25, -0.2) is 0 Å². The molecule has 0 saturated heterocycles. The fraction of sp³-hybridized carbons (Fsp3) is 0.444. The molecule has 0 aliphatic heterocycles. The standard InChI is InChI=1S/C9H15N3/c1-4-5-9(10)8-6-12(3)11-7(8)2/h4,6,9H,1,5,10H2,2-3H3. The predicted molar refractivity (Wildman–Crippen MR) is 49.7 cm³/mol. The Labute approximate surface area is 72.9 Å². The second-order valence-corrected chi connectivity index (χ2v) is 2.97. The third-order valence-electron chi connectivity index (χ3n) is 1.87. The zero-order valence-corrected chi connectivity index (χ0v) is 7.62. The number of hydrogen-bond acceptors (Lipinski definition) is 2. The van der Waals surface area contributed by atoms with Crippen LogP contribution in [0.2, 0.25) is 0 Å². The van der Waals surface area contributed by atoms with Gasteiger partial charge in [0.25, 0.3) is 0 Å². The van der Waals surface area contributed by atoms with E-state index in [0.717, 1.165) is 17.7 Å². The van der Waals surface area contributed by atoms with Gasteiger partial charge in [-0.05, 0) is 13.3 Å². The molecule has 1 atom stereocenters. The molecule has 0 bridgehead atoms. The summed E-state index contributed by atoms with van der Waals surface area (Å²) < 4.78 is 1.79. The van der Waals surface area contributed by atoms with Crippen molar-refractivity contribution in [1.29, 1.82) is 0 Å². The van der Waals surface area contributed by atoms with Gasteiger partial charge >= 0.3 is 0 Å². The van der Waals surface area contributed by atoms with Crippen molar-refractivity contribution in [3.63, 3.8) is 0 Å². The van der Waals surface area contributed by atoms with Gasteiger partial charge in [0.2, 0.25) is 0 Å². The van der Waals surface area contributed by atoms with E-state index in [4.69, 9.17) is 5.73 Å². The van der Waals surface area contributed by atoms with Crippen LogP contribution >= 0.6 is 0 Å². The molecule has 0 spiro atoms. The van der Waals surface area contributed by atoms with Crippen LogP contribution in [0.25, 0.3) is 0 Å². The lowest BCUT2D eigenvalue weighted by Gasteiger charge is -2.05. The van der Waals surface area contributed by atoms with Crippen LogP contribution in [0.15, 0.2) is 18.9 Å². The van der Waals surface area contributed by atoms with E-state index >= 15 is 0 Å². The van der Waals surface area contributed by atoms with Crippen LogP contribution in [-0.2, 0) is 7.05 Å². The highest BCUT2D eigenvalue weighted by Gasteiger charge is 2.09. The summed E-state index contributed by atoms with van der Waals surface area (Å²) in [4.78, 5) is 0. The lowest BCUT2D eigenvalue weighted by Crippen LogP contribution is -2.09. The molecule has 66 valence electrons. The van der Waals surface area contributed by atoms with E-state index in [9.17, 15) is 0 Å². The quantitative estimate of drug-likeness (QED) is 0.686. The number of nitrogens with zero attached hydrogens (tertiary/aromatic N) is 2. The Hall–Kier alpha value is -1.09. The average Bonchev–Trinajstić information content (AvgIpc) is 2.30. The zero-order chi connectivity index (χ0) is 9.14. The Morgan fingerprint density at radius 1 is 1.83 bits per heavy atom. The van der Waals surface area contributed by atoms with Gasteiger partial charge in [-0.15, -0.1) is 6.58 Å². The molecule has 3 nitrogen and oxygen atoms in total. The van der Waals surface area contributed by atoms with Crippen molar-refractivity contribution < 1.29 is 0 Å². The van der Waals surface area contributed by atoms with E-state index in [1.807, 2.05) is 26.2 Å². The van der Waals surface area contributed by atoms with Gasteiger partial charge in [0.1, 0.15) is 0 Å². The van der Waals surface area contributed by atoms with Gasteiger partial charge in [-0.3, -0.25) is 4.68 Å². The molecule has 0 saturated carbocycles. The smallest absolute Gasteiger partial charge is 0.0641 e. The van der Waals surface area contributed by atoms with E-state index < -0.39 is 0 Å². The topological polar surface area (TPSA) is 43.8 Å². The number of hydrogen-bond donors (Lipinski definition) is 1. The minimum atomic E-state index is 0.0381. The Kier molecular flexibility index (Phi) is 2.65. The highest BCUT2D eigenvalue weighted by Crippen LogP contribution is 2.16. The van der Waals surface area contributed by atoms with E-state index in [1.165, 1.54) is 0 Å². The Morgan fingerprint density at radius 2 is 2.50 bits per heavy atom. The summed E-state index contributed by atoms with van der Waals surface area (Å²) in [7, 11) is 1.90. The molecule has 1 heterocycles. The normalized spacial score (nSPS) is 12.9. The van der Waals surface area contributed by atoms with Crippen LogP contribution in [0.4, 0.5) is 0 Å². The number of aryl methyl sites for hydroxylation is 2. The van der Waals surface area contributed by atoms with Gasteiger partial charge in [0, 0.05) is 24.8 Å². The molecule has 0 amide bonds. The maximum atomic E-state index is 5.90. The second-order valence-electron chi connectivity index (χ2n) is 2.97. The van der Waals surface area contributed by atoms with Gasteiger partial charge in [-0.2, -0.15) is 5.10 Å². The summed E-state index contributed by atoms with van der Waals surface area (Å²) >= 11 is 0. The molecule has 0 aliphatic rings. The molecule has 1 aromatic heterocycles. The lowest BCUT2D eigenvalue weighted by molar-refractivity contribution is 0.733. The monoisotopic (exact) mass is 165 g/mol. The fourth-order valence-corrected chi connectivity index (χ4v) is 1.29. The number of aromatic nitrogens is 2. The molecule has 1 unspecified atom stereocenters. The average molecular weight is 165 g/mol. The first-order valence-electron chi connectivity index (χ1n) is 4.01. The number of nitrogens with two attached hydrogens (primary N) is 1. The molecule has 3 heteroatoms. The summed E-state index contributed by atoms with van der Waals surface area (Å²) in [6.45, 7) is 5.63. The minimum Gasteiger partial charge on any atom is -0.324 e. The van der Waals surface area contributed by atoms with Crippen LogP contribution in [0.1, 0.15) is 23.7 Å². The largest absolute Gasteiger partial charge is 0.324 e. The molecule has 0 aromatic carbocycles. The minimum absolute atomic E-state index is 0.0381. The van der Waals surface area contributed by atoms with Gasteiger partial charge in [0.15, 0.2) is 0 Å². The SMILES string of the molecule is C=CCC(N)c1cn(C)nc1C. The second kappa shape index (κ2) is 3.54. The van der Waals surface area contributed by atoms with E-state index in [-0.39, 0.29) is 6.04 Å². The fourth-order valence-electron chi connectivity index (χ4n) is 1.29. The van der Waals surface area contributed by atoms with Crippen molar-refractivity contribution in [1.82, 2.24) is 9.78 Å². The molecular formula is C9H15N3. The molecule has 1 aromatic rings. The van der Waals surface area contributed by atoms with Crippen LogP contribution in [0.5, 0.6) is 0 Å². The van der Waals surface area contributed by atoms with Crippen molar-refractivity contribution in [2.24, 2.45) is 12.8 Å². The summed E-state index contributed by atoms with van der Waals surface area (Å²) in [5, 5.41) is 4.22. The van der Waals surface area contributed by atoms with Gasteiger partial charge in [-0.1, -0.05) is 6.08 Å². The zero-order valence-electron chi connectivity index (χ0n) is 7.62. The van der Waals surface area contributed by atoms with E-state index in [2.05, 4.69) is 11.7 Å². The van der Waals surface area contributed by atoms with Crippen LogP contribution < -0.4 is 5.73 Å². The van der Waals surface area contributed by atoms with Crippen molar-refractivity contribution in [3.8, 4) is 0 Å². The Bertz CT molecular complexity index is 275. The van der Waals surface area contributed by atoms with Gasteiger partial charge in [0.05, 0.1) is 5.69 Å². The maximum Gasteiger partial charge on any atom is 0.0641 e. The molecule has 0 fully saturated rings. The molecular weight excluding hydrogens is 150 g/mol. The van der Waals surface area contributed by atoms with E-state index in [0.29, 0.717) is 0 Å². The first-order valence-corrected chi connectivity index (χ1v) is 4.01. The van der Waals surface area contributed by atoms with Crippen LogP contribution in [0, 0.1) is 6.92 Å². The maximum absolute atomic E-state index is 5.90. The highest BCUT2D eigenvalue weighted by atomic mass is 15.2. The van der Waals surface area contributed by atoms with Crippen molar-refractivity contribution in [2.45, 2.75) is 19.4 Å². The highest BCUT2D eigenvalue weighted by molar-refractivity contribution is 5.20. The molecule has 2 N–H and O–H groups in total.